The number of fused-ring (bicyclic) bond motifs is 15. The number of benzene rings is 10. The van der Waals surface area contributed by atoms with Crippen LogP contribution >= 0.6 is 0 Å². The van der Waals surface area contributed by atoms with Crippen LogP contribution in [0.1, 0.15) is 119 Å². The second-order valence-corrected chi connectivity index (χ2v) is 22.1. The molecule has 2 N–H and O–H groups in total. The fraction of sp³-hybridized carbons (Fsp3) is 0.200. The summed E-state index contributed by atoms with van der Waals surface area (Å²) in [5.74, 6) is 1.11. The topological polar surface area (TPSA) is 40.5 Å². The number of hydrogen-bond acceptors (Lipinski definition) is 2. The van der Waals surface area contributed by atoms with Crippen LogP contribution in [0.15, 0.2) is 243 Å². The van der Waals surface area contributed by atoms with Gasteiger partial charge in [0.05, 0.1) is 13.2 Å². The molecule has 5 aliphatic carbocycles. The standard InChI is InChI=1S/C32H30O2.C30H26.C13H10/c33-21-31(27-15-5-1-11-23(27)24-12-2-6-16-28(24)31)19-9-10-20-32(22-34)29-17-7-3-13-25(29)26-14-4-8-18-30(26)32;1-5-15-25-21(11-1)22-12-2-6-16-26(22)29(25)19-9-10-20-30-27-17-7-3-13-23(27)24-14-4-8-18-28(24)30;1-3-7-12-10(5-1)9-11-6-2-4-8-13(11)12/h1-8,11-18,33-34H,9-10,19-22H2;1-8,11-18,29-30H,9-10,19-20H2;1-8H,9H2. The predicted molar refractivity (Wildman–Crippen MR) is 319 cm³/mol. The fourth-order valence-electron chi connectivity index (χ4n) is 14.6. The molecule has 0 saturated carbocycles. The van der Waals surface area contributed by atoms with E-state index in [1.165, 1.54) is 137 Å². The summed E-state index contributed by atoms with van der Waals surface area (Å²) < 4.78 is 0. The third-order valence-corrected chi connectivity index (χ3v) is 18.2. The number of aliphatic hydroxyl groups is 2. The van der Waals surface area contributed by atoms with Gasteiger partial charge in [-0.05, 0) is 143 Å². The second-order valence-electron chi connectivity index (χ2n) is 22.1. The van der Waals surface area contributed by atoms with Gasteiger partial charge in [0.2, 0.25) is 0 Å². The van der Waals surface area contributed by atoms with Gasteiger partial charge in [0.1, 0.15) is 0 Å². The molecule has 0 unspecified atom stereocenters. The molecule has 15 rings (SSSR count). The van der Waals surface area contributed by atoms with Gasteiger partial charge in [-0.15, -0.1) is 0 Å². The minimum atomic E-state index is -0.356. The van der Waals surface area contributed by atoms with Crippen LogP contribution in [0, 0.1) is 0 Å². The Morgan fingerprint density at radius 2 is 0.519 bits per heavy atom. The van der Waals surface area contributed by atoms with Crippen molar-refractivity contribution < 1.29 is 10.2 Å². The summed E-state index contributed by atoms with van der Waals surface area (Å²) in [6.07, 6.45) is 9.87. The molecule has 0 amide bonds. The van der Waals surface area contributed by atoms with Crippen molar-refractivity contribution in [3.05, 3.63) is 298 Å². The van der Waals surface area contributed by atoms with E-state index in [1.54, 1.807) is 0 Å². The third-order valence-electron chi connectivity index (χ3n) is 18.2. The first-order valence-electron chi connectivity index (χ1n) is 28.2. The zero-order valence-corrected chi connectivity index (χ0v) is 43.9. The molecule has 10 aromatic rings. The Balaban J connectivity index is 0.000000120. The number of rotatable bonds is 12. The first-order chi connectivity index (χ1) is 38.1. The van der Waals surface area contributed by atoms with Crippen molar-refractivity contribution in [1.29, 1.82) is 0 Å². The number of hydrogen-bond donors (Lipinski definition) is 2. The Labute approximate surface area is 455 Å². The lowest BCUT2D eigenvalue weighted by atomic mass is 9.72. The molecule has 2 heteroatoms. The number of aliphatic hydroxyl groups excluding tert-OH is 2. The highest BCUT2D eigenvalue weighted by Crippen LogP contribution is 2.54. The molecule has 0 spiro atoms. The van der Waals surface area contributed by atoms with Crippen molar-refractivity contribution in [3.8, 4) is 55.6 Å². The van der Waals surface area contributed by atoms with Crippen LogP contribution in [-0.2, 0) is 17.3 Å². The van der Waals surface area contributed by atoms with Gasteiger partial charge in [-0.3, -0.25) is 0 Å². The van der Waals surface area contributed by atoms with Crippen molar-refractivity contribution in [2.45, 2.75) is 80.5 Å². The average Bonchev–Trinajstić information content (AvgIpc) is 4.28. The van der Waals surface area contributed by atoms with Crippen LogP contribution in [0.2, 0.25) is 0 Å². The summed E-state index contributed by atoms with van der Waals surface area (Å²) in [4.78, 5) is 0. The Hall–Kier alpha value is -7.88. The van der Waals surface area contributed by atoms with Gasteiger partial charge in [-0.2, -0.15) is 0 Å². The lowest BCUT2D eigenvalue weighted by Gasteiger charge is -2.32. The fourth-order valence-corrected chi connectivity index (χ4v) is 14.6. The van der Waals surface area contributed by atoms with Crippen LogP contribution in [0.25, 0.3) is 55.6 Å². The average molecular weight is 999 g/mol. The van der Waals surface area contributed by atoms with Crippen molar-refractivity contribution in [2.75, 3.05) is 13.2 Å². The largest absolute Gasteiger partial charge is 0.395 e. The Morgan fingerprint density at radius 3 is 0.818 bits per heavy atom. The van der Waals surface area contributed by atoms with Gasteiger partial charge in [0, 0.05) is 22.7 Å². The van der Waals surface area contributed by atoms with Gasteiger partial charge in [-0.1, -0.05) is 268 Å². The van der Waals surface area contributed by atoms with Crippen LogP contribution in [-0.4, -0.2) is 23.4 Å². The molecule has 0 atom stereocenters. The lowest BCUT2D eigenvalue weighted by molar-refractivity contribution is 0.199. The van der Waals surface area contributed by atoms with Gasteiger partial charge in [0.15, 0.2) is 0 Å². The molecule has 0 aliphatic heterocycles. The first-order valence-corrected chi connectivity index (χ1v) is 28.2. The quantitative estimate of drug-likeness (QED) is 0.120. The van der Waals surface area contributed by atoms with E-state index in [-0.39, 0.29) is 24.0 Å². The molecule has 0 radical (unpaired) electrons. The zero-order chi connectivity index (χ0) is 51.8. The van der Waals surface area contributed by atoms with Crippen molar-refractivity contribution in [1.82, 2.24) is 0 Å². The molecule has 77 heavy (non-hydrogen) atoms. The van der Waals surface area contributed by atoms with E-state index in [0.29, 0.717) is 11.8 Å². The molecule has 0 fully saturated rings. The molecule has 10 aromatic carbocycles. The SMILES string of the molecule is OCC1(CCCCC2(CO)c3ccccc3-c3ccccc32)c2ccccc2-c2ccccc21.c1ccc2c(c1)-c1ccccc1C2CCCCC1c2ccccc2-c2ccccc21.c1ccc2c(c1)Cc1ccccc1-2. The van der Waals surface area contributed by atoms with E-state index in [1.807, 2.05) is 0 Å². The van der Waals surface area contributed by atoms with E-state index in [4.69, 9.17) is 0 Å². The van der Waals surface area contributed by atoms with E-state index >= 15 is 0 Å². The minimum Gasteiger partial charge on any atom is -0.395 e. The van der Waals surface area contributed by atoms with Gasteiger partial charge in [-0.25, -0.2) is 0 Å². The van der Waals surface area contributed by atoms with Crippen molar-refractivity contribution in [2.24, 2.45) is 0 Å². The van der Waals surface area contributed by atoms with Gasteiger partial charge in [0.25, 0.3) is 0 Å². The smallest absolute Gasteiger partial charge is 0.0569 e. The number of unbranched alkanes of at least 4 members (excludes halogenated alkanes) is 2. The molecular formula is C75H66O2. The highest BCUT2D eigenvalue weighted by atomic mass is 16.3. The lowest BCUT2D eigenvalue weighted by Crippen LogP contribution is -2.31. The Bertz CT molecular complexity index is 3340. The first kappa shape index (κ1) is 48.7. The molecule has 0 bridgehead atoms. The van der Waals surface area contributed by atoms with Crippen LogP contribution in [0.5, 0.6) is 0 Å². The summed E-state index contributed by atoms with van der Waals surface area (Å²) in [7, 11) is 0. The summed E-state index contributed by atoms with van der Waals surface area (Å²) in [5, 5.41) is 21.5. The highest BCUT2D eigenvalue weighted by Gasteiger charge is 2.44. The zero-order valence-electron chi connectivity index (χ0n) is 43.9. The highest BCUT2D eigenvalue weighted by molar-refractivity contribution is 5.83. The predicted octanol–water partition coefficient (Wildman–Crippen LogP) is 17.9. The van der Waals surface area contributed by atoms with Gasteiger partial charge < -0.3 is 10.2 Å². The van der Waals surface area contributed by atoms with Gasteiger partial charge >= 0.3 is 0 Å². The maximum atomic E-state index is 10.7. The summed E-state index contributed by atoms with van der Waals surface area (Å²) in [5.41, 5.74) is 26.9. The second kappa shape index (κ2) is 20.9. The van der Waals surface area contributed by atoms with Crippen LogP contribution in [0.4, 0.5) is 0 Å². The molecular weight excluding hydrogens is 933 g/mol. The molecule has 5 aliphatic rings. The monoisotopic (exact) mass is 999 g/mol. The normalized spacial score (nSPS) is 14.7. The van der Waals surface area contributed by atoms with E-state index in [2.05, 4.69) is 243 Å². The summed E-state index contributed by atoms with van der Waals surface area (Å²) in [6, 6.07) is 87.5. The summed E-state index contributed by atoms with van der Waals surface area (Å²) >= 11 is 0. The molecule has 0 aromatic heterocycles. The van der Waals surface area contributed by atoms with Crippen molar-refractivity contribution >= 4 is 0 Å². The Morgan fingerprint density at radius 1 is 0.273 bits per heavy atom. The molecule has 0 heterocycles. The minimum absolute atomic E-state index is 0.109. The van der Waals surface area contributed by atoms with E-state index in [9.17, 15) is 10.2 Å². The van der Waals surface area contributed by atoms with Crippen LogP contribution < -0.4 is 0 Å². The van der Waals surface area contributed by atoms with Crippen LogP contribution in [0.3, 0.4) is 0 Å². The Kier molecular flexibility index (Phi) is 13.2. The molecule has 2 nitrogen and oxygen atoms in total. The maximum Gasteiger partial charge on any atom is 0.0569 e. The van der Waals surface area contributed by atoms with E-state index in [0.717, 1.165) is 32.1 Å². The summed E-state index contributed by atoms with van der Waals surface area (Å²) in [6.45, 7) is 0.218. The molecule has 0 saturated heterocycles. The maximum absolute atomic E-state index is 10.7. The van der Waals surface area contributed by atoms with E-state index < -0.39 is 0 Å². The molecule has 378 valence electrons. The third kappa shape index (κ3) is 8.42. The van der Waals surface area contributed by atoms with Crippen molar-refractivity contribution in [3.63, 3.8) is 0 Å².